The van der Waals surface area contributed by atoms with Crippen molar-refractivity contribution in [2.45, 2.75) is 26.8 Å². The number of carbonyl (C=O) groups is 1. The Hall–Kier alpha value is -2.12. The van der Waals surface area contributed by atoms with Crippen LogP contribution in [0, 0.1) is 0 Å². The van der Waals surface area contributed by atoms with Gasteiger partial charge >= 0.3 is 5.97 Å². The second kappa shape index (κ2) is 8.82. The summed E-state index contributed by atoms with van der Waals surface area (Å²) in [7, 11) is 1.62. The first-order chi connectivity index (χ1) is 12.0. The Balaban J connectivity index is 2.38. The second-order valence-corrected chi connectivity index (χ2v) is 6.84. The molecule has 0 aliphatic carbocycles. The highest BCUT2D eigenvalue weighted by molar-refractivity contribution is 7.80. The molecule has 0 spiro atoms. The number of esters is 1. The maximum Gasteiger partial charge on any atom is 0.341 e. The lowest BCUT2D eigenvalue weighted by molar-refractivity contribution is 0.0529. The zero-order valence-electron chi connectivity index (χ0n) is 14.7. The van der Waals surface area contributed by atoms with Gasteiger partial charge in [0.05, 0.1) is 13.7 Å². The van der Waals surface area contributed by atoms with Crippen LogP contribution >= 0.6 is 23.6 Å². The van der Waals surface area contributed by atoms with Gasteiger partial charge in [-0.15, -0.1) is 11.3 Å². The van der Waals surface area contributed by atoms with Gasteiger partial charge in [-0.25, -0.2) is 4.79 Å². The third kappa shape index (κ3) is 4.93. The van der Waals surface area contributed by atoms with E-state index in [0.717, 1.165) is 16.9 Å². The smallest absolute Gasteiger partial charge is 0.341 e. The van der Waals surface area contributed by atoms with Gasteiger partial charge < -0.3 is 20.1 Å². The van der Waals surface area contributed by atoms with Crippen LogP contribution in [0.25, 0.3) is 11.1 Å². The summed E-state index contributed by atoms with van der Waals surface area (Å²) in [6, 6.07) is 7.75. The normalized spacial score (nSPS) is 10.4. The molecule has 0 fully saturated rings. The molecule has 134 valence electrons. The minimum absolute atomic E-state index is 0.201. The summed E-state index contributed by atoms with van der Waals surface area (Å²) in [6.07, 6.45) is 0. The minimum Gasteiger partial charge on any atom is -0.497 e. The van der Waals surface area contributed by atoms with Crippen molar-refractivity contribution in [3.05, 3.63) is 35.2 Å². The molecule has 0 radical (unpaired) electrons. The summed E-state index contributed by atoms with van der Waals surface area (Å²) in [5, 5.41) is 9.29. The van der Waals surface area contributed by atoms with Gasteiger partial charge in [-0.05, 0) is 50.7 Å². The zero-order valence-corrected chi connectivity index (χ0v) is 16.3. The Morgan fingerprint density at radius 2 is 1.96 bits per heavy atom. The lowest BCUT2D eigenvalue weighted by atomic mass is 10.0. The zero-order chi connectivity index (χ0) is 18.4. The van der Waals surface area contributed by atoms with Crippen LogP contribution < -0.4 is 15.4 Å². The van der Waals surface area contributed by atoms with Crippen molar-refractivity contribution in [2.75, 3.05) is 19.0 Å². The van der Waals surface area contributed by atoms with Gasteiger partial charge in [0.2, 0.25) is 0 Å². The fourth-order valence-electron chi connectivity index (χ4n) is 2.24. The Kier molecular flexibility index (Phi) is 6.78. The number of thiocarbonyl (C=S) groups is 1. The molecule has 0 saturated heterocycles. The highest BCUT2D eigenvalue weighted by Crippen LogP contribution is 2.36. The number of anilines is 1. The summed E-state index contributed by atoms with van der Waals surface area (Å²) in [5.41, 5.74) is 2.21. The Labute approximate surface area is 157 Å². The maximum absolute atomic E-state index is 12.5. The predicted molar refractivity (Wildman–Crippen MR) is 107 cm³/mol. The Morgan fingerprint density at radius 1 is 1.28 bits per heavy atom. The first-order valence-electron chi connectivity index (χ1n) is 7.96. The van der Waals surface area contributed by atoms with E-state index in [9.17, 15) is 4.79 Å². The Morgan fingerprint density at radius 3 is 2.52 bits per heavy atom. The number of hydrogen-bond acceptors (Lipinski definition) is 5. The predicted octanol–water partition coefficient (Wildman–Crippen LogP) is 4.30. The molecular weight excluding hydrogens is 356 g/mol. The van der Waals surface area contributed by atoms with E-state index < -0.39 is 0 Å². The fourth-order valence-corrected chi connectivity index (χ4v) is 3.60. The summed E-state index contributed by atoms with van der Waals surface area (Å²) in [5.74, 6) is 0.390. The van der Waals surface area contributed by atoms with Crippen molar-refractivity contribution >= 4 is 39.6 Å². The van der Waals surface area contributed by atoms with Crippen molar-refractivity contribution < 1.29 is 14.3 Å². The van der Waals surface area contributed by atoms with Gasteiger partial charge in [0.1, 0.15) is 16.3 Å². The standard InChI is InChI=1S/C18H22N2O3S2/c1-5-23-17(21)15-14(12-6-8-13(22-4)9-7-12)10-25-16(15)20-18(24)19-11(2)3/h6-11H,5H2,1-4H3,(H2,19,20,24). The van der Waals surface area contributed by atoms with E-state index in [1.165, 1.54) is 11.3 Å². The number of thiophene rings is 1. The number of hydrogen-bond donors (Lipinski definition) is 2. The van der Waals surface area contributed by atoms with Gasteiger partial charge in [0.15, 0.2) is 5.11 Å². The molecule has 2 N–H and O–H groups in total. The van der Waals surface area contributed by atoms with E-state index in [-0.39, 0.29) is 12.0 Å². The number of nitrogens with one attached hydrogen (secondary N) is 2. The molecule has 0 saturated carbocycles. The van der Waals surface area contributed by atoms with Gasteiger partial charge in [-0.3, -0.25) is 0 Å². The van der Waals surface area contributed by atoms with E-state index in [1.807, 2.05) is 43.5 Å². The van der Waals surface area contributed by atoms with Crippen LogP contribution in [-0.2, 0) is 4.74 Å². The summed E-state index contributed by atoms with van der Waals surface area (Å²) in [6.45, 7) is 6.09. The van der Waals surface area contributed by atoms with Crippen LogP contribution in [0.1, 0.15) is 31.1 Å². The molecule has 1 heterocycles. The fraction of sp³-hybridized carbons (Fsp3) is 0.333. The average Bonchev–Trinajstić information content (AvgIpc) is 2.97. The van der Waals surface area contributed by atoms with E-state index in [1.54, 1.807) is 14.0 Å². The van der Waals surface area contributed by atoms with Gasteiger partial charge in [0.25, 0.3) is 0 Å². The van der Waals surface area contributed by atoms with Crippen LogP contribution in [0.2, 0.25) is 0 Å². The third-order valence-electron chi connectivity index (χ3n) is 3.32. The van der Waals surface area contributed by atoms with Gasteiger partial charge in [-0.2, -0.15) is 0 Å². The molecular formula is C18H22N2O3S2. The number of ether oxygens (including phenoxy) is 2. The van der Waals surface area contributed by atoms with Crippen molar-refractivity contribution in [1.82, 2.24) is 5.32 Å². The van der Waals surface area contributed by atoms with Crippen LogP contribution in [0.4, 0.5) is 5.00 Å². The van der Waals surface area contributed by atoms with Crippen molar-refractivity contribution in [1.29, 1.82) is 0 Å². The van der Waals surface area contributed by atoms with Crippen LogP contribution in [-0.4, -0.2) is 30.8 Å². The molecule has 1 aromatic heterocycles. The monoisotopic (exact) mass is 378 g/mol. The summed E-state index contributed by atoms with van der Waals surface area (Å²) >= 11 is 6.72. The molecule has 0 bridgehead atoms. The number of benzene rings is 1. The first kappa shape index (κ1) is 19.2. The molecule has 2 rings (SSSR count). The molecule has 0 aliphatic rings. The molecule has 25 heavy (non-hydrogen) atoms. The van der Waals surface area contributed by atoms with Crippen molar-refractivity contribution in [3.63, 3.8) is 0 Å². The molecule has 0 atom stereocenters. The second-order valence-electron chi connectivity index (χ2n) is 5.56. The van der Waals surface area contributed by atoms with Crippen LogP contribution in [0.15, 0.2) is 29.6 Å². The quantitative estimate of drug-likeness (QED) is 0.577. The number of rotatable bonds is 6. The highest BCUT2D eigenvalue weighted by atomic mass is 32.1. The minimum atomic E-state index is -0.371. The van der Waals surface area contributed by atoms with Crippen LogP contribution in [0.5, 0.6) is 5.75 Å². The molecule has 0 unspecified atom stereocenters. The highest BCUT2D eigenvalue weighted by Gasteiger charge is 2.22. The van der Waals surface area contributed by atoms with Crippen molar-refractivity contribution in [2.24, 2.45) is 0 Å². The summed E-state index contributed by atoms with van der Waals surface area (Å²) < 4.78 is 10.4. The molecule has 0 amide bonds. The lowest BCUT2D eigenvalue weighted by Crippen LogP contribution is -2.34. The molecule has 0 aliphatic heterocycles. The molecule has 5 nitrogen and oxygen atoms in total. The van der Waals surface area contributed by atoms with Gasteiger partial charge in [0, 0.05) is 17.0 Å². The van der Waals surface area contributed by atoms with E-state index in [4.69, 9.17) is 21.7 Å². The maximum atomic E-state index is 12.5. The van der Waals surface area contributed by atoms with Gasteiger partial charge in [-0.1, -0.05) is 12.1 Å². The van der Waals surface area contributed by atoms with Crippen LogP contribution in [0.3, 0.4) is 0 Å². The number of carbonyl (C=O) groups excluding carboxylic acids is 1. The van der Waals surface area contributed by atoms with E-state index in [0.29, 0.717) is 22.3 Å². The SMILES string of the molecule is CCOC(=O)c1c(-c2ccc(OC)cc2)csc1NC(=S)NC(C)C. The first-order valence-corrected chi connectivity index (χ1v) is 9.25. The van der Waals surface area contributed by atoms with E-state index >= 15 is 0 Å². The summed E-state index contributed by atoms with van der Waals surface area (Å²) in [4.78, 5) is 12.5. The molecule has 7 heteroatoms. The largest absolute Gasteiger partial charge is 0.497 e. The molecule has 2 aromatic rings. The van der Waals surface area contributed by atoms with E-state index in [2.05, 4.69) is 10.6 Å². The topological polar surface area (TPSA) is 59.6 Å². The number of methoxy groups -OCH3 is 1. The molecule has 1 aromatic carbocycles. The lowest BCUT2D eigenvalue weighted by Gasteiger charge is -2.13. The Bertz CT molecular complexity index is 739. The average molecular weight is 379 g/mol. The third-order valence-corrected chi connectivity index (χ3v) is 4.43. The van der Waals surface area contributed by atoms with Crippen molar-refractivity contribution in [3.8, 4) is 16.9 Å².